The second kappa shape index (κ2) is 4.44. The first kappa shape index (κ1) is 11.7. The first-order chi connectivity index (χ1) is 6.94. The lowest BCUT2D eigenvalue weighted by Gasteiger charge is -2.17. The van der Waals surface area contributed by atoms with Crippen LogP contribution >= 0.6 is 11.3 Å². The van der Waals surface area contributed by atoms with E-state index in [-0.39, 0.29) is 0 Å². The van der Waals surface area contributed by atoms with E-state index in [1.807, 2.05) is 17.5 Å². The second-order valence-electron chi connectivity index (χ2n) is 3.69. The van der Waals surface area contributed by atoms with Crippen molar-refractivity contribution in [1.29, 1.82) is 0 Å². The zero-order chi connectivity index (χ0) is 11.5. The first-order valence-corrected chi connectivity index (χ1v) is 5.36. The van der Waals surface area contributed by atoms with Crippen molar-refractivity contribution in [2.45, 2.75) is 20.4 Å². The number of carboxylic acids is 1. The average molecular weight is 227 g/mol. The van der Waals surface area contributed by atoms with Crippen LogP contribution in [0.25, 0.3) is 0 Å². The van der Waals surface area contributed by atoms with E-state index in [1.165, 1.54) is 25.2 Å². The van der Waals surface area contributed by atoms with Gasteiger partial charge in [-0.05, 0) is 25.3 Å². The molecule has 0 aromatic carbocycles. The summed E-state index contributed by atoms with van der Waals surface area (Å²) in [7, 11) is 0. The molecule has 0 atom stereocenters. The van der Waals surface area contributed by atoms with E-state index in [9.17, 15) is 9.59 Å². The van der Waals surface area contributed by atoms with E-state index < -0.39 is 17.3 Å². The van der Waals surface area contributed by atoms with Crippen LogP contribution in [0, 0.1) is 5.41 Å². The van der Waals surface area contributed by atoms with Gasteiger partial charge in [0, 0.05) is 4.88 Å². The number of aliphatic carboxylic acids is 1. The van der Waals surface area contributed by atoms with Crippen molar-refractivity contribution in [1.82, 2.24) is 5.32 Å². The van der Waals surface area contributed by atoms with Gasteiger partial charge in [0.1, 0.15) is 5.41 Å². The Morgan fingerprint density at radius 1 is 1.53 bits per heavy atom. The number of nitrogens with one attached hydrogen (secondary N) is 1. The summed E-state index contributed by atoms with van der Waals surface area (Å²) in [5.41, 5.74) is -1.38. The number of amides is 1. The molecule has 1 heterocycles. The third-order valence-electron chi connectivity index (χ3n) is 2.11. The summed E-state index contributed by atoms with van der Waals surface area (Å²) in [4.78, 5) is 23.3. The van der Waals surface area contributed by atoms with Gasteiger partial charge in [-0.15, -0.1) is 11.3 Å². The molecule has 1 aromatic rings. The minimum Gasteiger partial charge on any atom is -0.480 e. The maximum Gasteiger partial charge on any atom is 0.318 e. The molecule has 0 radical (unpaired) electrons. The van der Waals surface area contributed by atoms with Crippen LogP contribution in [0.2, 0.25) is 0 Å². The van der Waals surface area contributed by atoms with Crippen molar-refractivity contribution in [3.8, 4) is 0 Å². The Hall–Kier alpha value is -1.36. The molecular formula is C10H13NO3S. The largest absolute Gasteiger partial charge is 0.480 e. The highest BCUT2D eigenvalue weighted by Crippen LogP contribution is 2.16. The van der Waals surface area contributed by atoms with Gasteiger partial charge >= 0.3 is 5.97 Å². The number of carboxylic acid groups (broad SMARTS) is 1. The lowest BCUT2D eigenvalue weighted by atomic mass is 9.93. The number of carbonyl (C=O) groups excluding carboxylic acids is 1. The minimum atomic E-state index is -1.38. The Balaban J connectivity index is 2.53. The van der Waals surface area contributed by atoms with Gasteiger partial charge in [0.2, 0.25) is 5.91 Å². The summed E-state index contributed by atoms with van der Waals surface area (Å²) in [6.45, 7) is 3.16. The van der Waals surface area contributed by atoms with Crippen LogP contribution < -0.4 is 5.32 Å². The van der Waals surface area contributed by atoms with E-state index in [2.05, 4.69) is 5.32 Å². The number of rotatable bonds is 4. The van der Waals surface area contributed by atoms with E-state index in [1.54, 1.807) is 0 Å². The molecule has 82 valence electrons. The van der Waals surface area contributed by atoms with Gasteiger partial charge in [-0.2, -0.15) is 0 Å². The van der Waals surface area contributed by atoms with Gasteiger partial charge in [-0.3, -0.25) is 9.59 Å². The molecule has 0 aliphatic rings. The lowest BCUT2D eigenvalue weighted by Crippen LogP contribution is -2.41. The van der Waals surface area contributed by atoms with Crippen molar-refractivity contribution < 1.29 is 14.7 Å². The summed E-state index contributed by atoms with van der Waals surface area (Å²) in [5.74, 6) is -1.59. The summed E-state index contributed by atoms with van der Waals surface area (Å²) in [5, 5.41) is 13.3. The van der Waals surface area contributed by atoms with Crippen molar-refractivity contribution >= 4 is 23.2 Å². The van der Waals surface area contributed by atoms with Crippen LogP contribution in [0.15, 0.2) is 17.5 Å². The van der Waals surface area contributed by atoms with Gasteiger partial charge in [0.25, 0.3) is 0 Å². The Kier molecular flexibility index (Phi) is 3.47. The zero-order valence-corrected chi connectivity index (χ0v) is 9.43. The lowest BCUT2D eigenvalue weighted by molar-refractivity contribution is -0.153. The molecule has 0 fully saturated rings. The van der Waals surface area contributed by atoms with Crippen LogP contribution in [0.5, 0.6) is 0 Å². The van der Waals surface area contributed by atoms with E-state index in [4.69, 9.17) is 5.11 Å². The molecule has 1 rings (SSSR count). The van der Waals surface area contributed by atoms with Crippen LogP contribution in [0.3, 0.4) is 0 Å². The number of hydrogen-bond donors (Lipinski definition) is 2. The van der Waals surface area contributed by atoms with E-state index in [0.717, 1.165) is 4.88 Å². The molecule has 1 aromatic heterocycles. The molecule has 0 aliphatic heterocycles. The summed E-state index contributed by atoms with van der Waals surface area (Å²) in [6.07, 6.45) is 0. The number of hydrogen-bond acceptors (Lipinski definition) is 3. The molecule has 4 nitrogen and oxygen atoms in total. The topological polar surface area (TPSA) is 66.4 Å². The molecule has 0 spiro atoms. The van der Waals surface area contributed by atoms with Crippen molar-refractivity contribution in [3.63, 3.8) is 0 Å². The molecule has 0 aliphatic carbocycles. The molecule has 0 bridgehead atoms. The van der Waals surface area contributed by atoms with Gasteiger partial charge in [0.15, 0.2) is 0 Å². The third kappa shape index (κ3) is 2.79. The van der Waals surface area contributed by atoms with Gasteiger partial charge in [0.05, 0.1) is 6.54 Å². The van der Waals surface area contributed by atoms with E-state index in [0.29, 0.717) is 6.54 Å². The predicted molar refractivity (Wildman–Crippen MR) is 57.6 cm³/mol. The van der Waals surface area contributed by atoms with E-state index >= 15 is 0 Å². The Bertz CT molecular complexity index is 357. The minimum absolute atomic E-state index is 0.382. The normalized spacial score (nSPS) is 11.1. The Labute approximate surface area is 91.9 Å². The molecular weight excluding hydrogens is 214 g/mol. The third-order valence-corrected chi connectivity index (χ3v) is 2.98. The average Bonchev–Trinajstić information content (AvgIpc) is 2.66. The molecule has 1 amide bonds. The fraction of sp³-hybridized carbons (Fsp3) is 0.400. The number of carbonyl (C=O) groups is 2. The highest BCUT2D eigenvalue weighted by Gasteiger charge is 2.35. The van der Waals surface area contributed by atoms with Gasteiger partial charge in [-0.1, -0.05) is 6.07 Å². The van der Waals surface area contributed by atoms with Crippen LogP contribution in [0.1, 0.15) is 18.7 Å². The monoisotopic (exact) mass is 227 g/mol. The van der Waals surface area contributed by atoms with Crippen molar-refractivity contribution in [2.24, 2.45) is 5.41 Å². The maximum absolute atomic E-state index is 11.5. The Morgan fingerprint density at radius 3 is 2.67 bits per heavy atom. The van der Waals surface area contributed by atoms with Gasteiger partial charge < -0.3 is 10.4 Å². The Morgan fingerprint density at radius 2 is 2.20 bits per heavy atom. The molecule has 0 saturated heterocycles. The summed E-state index contributed by atoms with van der Waals surface area (Å²) < 4.78 is 0. The molecule has 0 unspecified atom stereocenters. The summed E-state index contributed by atoms with van der Waals surface area (Å²) in [6, 6.07) is 3.77. The SMILES string of the molecule is CC(C)(C(=O)O)C(=O)NCc1cccs1. The highest BCUT2D eigenvalue weighted by atomic mass is 32.1. The molecule has 0 saturated carbocycles. The van der Waals surface area contributed by atoms with Crippen LogP contribution in [-0.4, -0.2) is 17.0 Å². The van der Waals surface area contributed by atoms with Crippen LogP contribution in [0.4, 0.5) is 0 Å². The van der Waals surface area contributed by atoms with Gasteiger partial charge in [-0.25, -0.2) is 0 Å². The quantitative estimate of drug-likeness (QED) is 0.765. The predicted octanol–water partition coefficient (Wildman–Crippen LogP) is 1.48. The number of thiophene rings is 1. The van der Waals surface area contributed by atoms with Crippen LogP contribution in [-0.2, 0) is 16.1 Å². The standard InChI is InChI=1S/C10H13NO3S/c1-10(2,9(13)14)8(12)11-6-7-4-3-5-15-7/h3-5H,6H2,1-2H3,(H,11,12)(H,13,14). The fourth-order valence-corrected chi connectivity index (χ4v) is 1.54. The highest BCUT2D eigenvalue weighted by molar-refractivity contribution is 7.09. The summed E-state index contributed by atoms with van der Waals surface area (Å²) >= 11 is 1.52. The fourth-order valence-electron chi connectivity index (χ4n) is 0.899. The maximum atomic E-state index is 11.5. The second-order valence-corrected chi connectivity index (χ2v) is 4.72. The molecule has 15 heavy (non-hydrogen) atoms. The first-order valence-electron chi connectivity index (χ1n) is 4.48. The van der Waals surface area contributed by atoms with Crippen molar-refractivity contribution in [3.05, 3.63) is 22.4 Å². The zero-order valence-electron chi connectivity index (χ0n) is 8.61. The smallest absolute Gasteiger partial charge is 0.318 e. The molecule has 2 N–H and O–H groups in total. The van der Waals surface area contributed by atoms with Crippen molar-refractivity contribution in [2.75, 3.05) is 0 Å². The molecule has 5 heteroatoms.